The number of carbonyl (C=O) groups excluding carboxylic acids is 1. The van der Waals surface area contributed by atoms with Crippen LogP contribution in [0.5, 0.6) is 0 Å². The van der Waals surface area contributed by atoms with Crippen LogP contribution in [0.15, 0.2) is 53.6 Å². The Labute approximate surface area is 158 Å². The molecule has 0 saturated carbocycles. The number of nitrogens with one attached hydrogen (secondary N) is 1. The molecule has 0 aliphatic carbocycles. The van der Waals surface area contributed by atoms with Crippen molar-refractivity contribution in [3.05, 3.63) is 64.7 Å². The molecule has 0 spiro atoms. The van der Waals surface area contributed by atoms with Crippen molar-refractivity contribution in [3.8, 4) is 0 Å². The standard InChI is InChI=1S/C18H20ClN3O3S/c1-3-15-6-4-5-7-17(15)22(26(2,24)25)13-18(23)21-20-12-14-8-10-16(19)11-9-14/h4-12H,3,13H2,1-2H3,(H,21,23)/b20-12-. The van der Waals surface area contributed by atoms with E-state index in [-0.39, 0.29) is 6.54 Å². The monoisotopic (exact) mass is 393 g/mol. The third kappa shape index (κ3) is 5.57. The minimum atomic E-state index is -3.62. The predicted octanol–water partition coefficient (Wildman–Crippen LogP) is 2.82. The van der Waals surface area contributed by atoms with Gasteiger partial charge >= 0.3 is 0 Å². The van der Waals surface area contributed by atoms with E-state index < -0.39 is 15.9 Å². The minimum absolute atomic E-state index is 0.353. The van der Waals surface area contributed by atoms with Gasteiger partial charge in [0.25, 0.3) is 5.91 Å². The zero-order valence-corrected chi connectivity index (χ0v) is 16.1. The van der Waals surface area contributed by atoms with Crippen molar-refractivity contribution >= 4 is 39.4 Å². The number of hydrogen-bond acceptors (Lipinski definition) is 4. The molecular formula is C18H20ClN3O3S. The summed E-state index contributed by atoms with van der Waals surface area (Å²) in [5.74, 6) is -0.536. The van der Waals surface area contributed by atoms with Gasteiger partial charge in [-0.2, -0.15) is 5.10 Å². The van der Waals surface area contributed by atoms with E-state index in [1.807, 2.05) is 19.1 Å². The van der Waals surface area contributed by atoms with E-state index >= 15 is 0 Å². The lowest BCUT2D eigenvalue weighted by Crippen LogP contribution is -2.39. The van der Waals surface area contributed by atoms with Gasteiger partial charge in [-0.05, 0) is 35.7 Å². The number of amides is 1. The van der Waals surface area contributed by atoms with Crippen LogP contribution in [-0.2, 0) is 21.2 Å². The first-order valence-corrected chi connectivity index (χ1v) is 10.2. The highest BCUT2D eigenvalue weighted by Gasteiger charge is 2.22. The zero-order valence-electron chi connectivity index (χ0n) is 14.5. The molecule has 8 heteroatoms. The summed E-state index contributed by atoms with van der Waals surface area (Å²) in [7, 11) is -3.62. The molecule has 1 N–H and O–H groups in total. The number of hydrogen-bond donors (Lipinski definition) is 1. The molecule has 2 rings (SSSR count). The molecule has 0 aliphatic heterocycles. The Morgan fingerprint density at radius 2 is 1.85 bits per heavy atom. The van der Waals surface area contributed by atoms with Crippen molar-refractivity contribution in [2.45, 2.75) is 13.3 Å². The number of aryl methyl sites for hydroxylation is 1. The molecule has 6 nitrogen and oxygen atoms in total. The number of hydrazone groups is 1. The Morgan fingerprint density at radius 3 is 2.46 bits per heavy atom. The Balaban J connectivity index is 2.11. The maximum atomic E-state index is 12.2. The molecule has 26 heavy (non-hydrogen) atoms. The van der Waals surface area contributed by atoms with Crippen LogP contribution in [0.2, 0.25) is 5.02 Å². The van der Waals surface area contributed by atoms with Crippen molar-refractivity contribution in [1.29, 1.82) is 0 Å². The van der Waals surface area contributed by atoms with Crippen molar-refractivity contribution < 1.29 is 13.2 Å². The fraction of sp³-hybridized carbons (Fsp3) is 0.222. The largest absolute Gasteiger partial charge is 0.271 e. The number of nitrogens with zero attached hydrogens (tertiary/aromatic N) is 2. The van der Waals surface area contributed by atoms with Gasteiger partial charge in [-0.1, -0.05) is 48.9 Å². The van der Waals surface area contributed by atoms with E-state index in [0.717, 1.165) is 21.7 Å². The maximum absolute atomic E-state index is 12.2. The lowest BCUT2D eigenvalue weighted by atomic mass is 10.1. The van der Waals surface area contributed by atoms with Crippen molar-refractivity contribution in [2.75, 3.05) is 17.1 Å². The fourth-order valence-electron chi connectivity index (χ4n) is 2.33. The number of sulfonamides is 1. The number of rotatable bonds is 7. The lowest BCUT2D eigenvalue weighted by molar-refractivity contribution is -0.119. The summed E-state index contributed by atoms with van der Waals surface area (Å²) < 4.78 is 25.4. The van der Waals surface area contributed by atoms with Crippen LogP contribution in [0.3, 0.4) is 0 Å². The molecule has 0 atom stereocenters. The highest BCUT2D eigenvalue weighted by molar-refractivity contribution is 7.92. The molecule has 2 aromatic carbocycles. The lowest BCUT2D eigenvalue weighted by Gasteiger charge is -2.23. The molecule has 0 unspecified atom stereocenters. The van der Waals surface area contributed by atoms with Gasteiger partial charge in [-0.25, -0.2) is 13.8 Å². The molecule has 0 fully saturated rings. The van der Waals surface area contributed by atoms with Gasteiger partial charge in [0.1, 0.15) is 6.54 Å². The number of benzene rings is 2. The fourth-order valence-corrected chi connectivity index (χ4v) is 3.34. The molecule has 1 amide bonds. The van der Waals surface area contributed by atoms with Gasteiger partial charge < -0.3 is 0 Å². The predicted molar refractivity (Wildman–Crippen MR) is 105 cm³/mol. The van der Waals surface area contributed by atoms with Crippen LogP contribution >= 0.6 is 11.6 Å². The van der Waals surface area contributed by atoms with Crippen LogP contribution in [0, 0.1) is 0 Å². The normalized spacial score (nSPS) is 11.5. The molecule has 0 bridgehead atoms. The van der Waals surface area contributed by atoms with Crippen molar-refractivity contribution in [2.24, 2.45) is 5.10 Å². The Bertz CT molecular complexity index is 896. The van der Waals surface area contributed by atoms with Gasteiger partial charge in [0.2, 0.25) is 10.0 Å². The smallest absolute Gasteiger partial charge is 0.260 e. The Hall–Kier alpha value is -2.38. The highest BCUT2D eigenvalue weighted by Crippen LogP contribution is 2.23. The molecule has 0 radical (unpaired) electrons. The summed E-state index contributed by atoms with van der Waals surface area (Å²) in [5, 5.41) is 4.45. The van der Waals surface area contributed by atoms with Gasteiger partial charge in [0.05, 0.1) is 18.2 Å². The van der Waals surface area contributed by atoms with Crippen LogP contribution < -0.4 is 9.73 Å². The first-order valence-electron chi connectivity index (χ1n) is 7.94. The van der Waals surface area contributed by atoms with Crippen LogP contribution in [0.1, 0.15) is 18.1 Å². The average Bonchev–Trinajstić information content (AvgIpc) is 2.60. The minimum Gasteiger partial charge on any atom is -0.271 e. The Kier molecular flexibility index (Phi) is 6.76. The third-order valence-electron chi connectivity index (χ3n) is 3.60. The molecule has 0 aromatic heterocycles. The summed E-state index contributed by atoms with van der Waals surface area (Å²) in [6, 6.07) is 14.0. The topological polar surface area (TPSA) is 78.8 Å². The summed E-state index contributed by atoms with van der Waals surface area (Å²) >= 11 is 5.80. The second-order valence-corrected chi connectivity index (χ2v) is 7.94. The molecule has 0 heterocycles. The van der Waals surface area contributed by atoms with E-state index in [9.17, 15) is 13.2 Å². The molecule has 0 aliphatic rings. The zero-order chi connectivity index (χ0) is 19.2. The van der Waals surface area contributed by atoms with Gasteiger partial charge in [-0.15, -0.1) is 0 Å². The second kappa shape index (κ2) is 8.82. The van der Waals surface area contributed by atoms with E-state index in [2.05, 4.69) is 10.5 Å². The molecule has 138 valence electrons. The molecule has 2 aromatic rings. The molecule has 0 saturated heterocycles. The van der Waals surface area contributed by atoms with Crippen LogP contribution in [0.25, 0.3) is 0 Å². The Morgan fingerprint density at radius 1 is 1.19 bits per heavy atom. The average molecular weight is 394 g/mol. The van der Waals surface area contributed by atoms with E-state index in [1.54, 1.807) is 36.4 Å². The van der Waals surface area contributed by atoms with Gasteiger partial charge in [-0.3, -0.25) is 9.10 Å². The van der Waals surface area contributed by atoms with Crippen LogP contribution in [0.4, 0.5) is 5.69 Å². The number of anilines is 1. The van der Waals surface area contributed by atoms with Crippen molar-refractivity contribution in [1.82, 2.24) is 5.43 Å². The first kappa shape index (κ1) is 19.9. The van der Waals surface area contributed by atoms with E-state index in [0.29, 0.717) is 17.1 Å². The number of para-hydroxylation sites is 1. The summed E-state index contributed by atoms with van der Waals surface area (Å²) in [5.41, 5.74) is 4.44. The summed E-state index contributed by atoms with van der Waals surface area (Å²) in [6.45, 7) is 1.57. The van der Waals surface area contributed by atoms with Gasteiger partial charge in [0, 0.05) is 5.02 Å². The van der Waals surface area contributed by atoms with Gasteiger partial charge in [0.15, 0.2) is 0 Å². The van der Waals surface area contributed by atoms with E-state index in [4.69, 9.17) is 11.6 Å². The number of halogens is 1. The summed E-state index contributed by atoms with van der Waals surface area (Å²) in [6.07, 6.45) is 3.18. The quantitative estimate of drug-likeness (QED) is 0.580. The van der Waals surface area contributed by atoms with Crippen LogP contribution in [-0.4, -0.2) is 33.3 Å². The second-order valence-electron chi connectivity index (χ2n) is 5.60. The van der Waals surface area contributed by atoms with Crippen molar-refractivity contribution in [3.63, 3.8) is 0 Å². The first-order chi connectivity index (χ1) is 12.3. The number of carbonyl (C=O) groups is 1. The molecular weight excluding hydrogens is 374 g/mol. The van der Waals surface area contributed by atoms with E-state index in [1.165, 1.54) is 6.21 Å². The highest BCUT2D eigenvalue weighted by atomic mass is 35.5. The third-order valence-corrected chi connectivity index (χ3v) is 4.98. The maximum Gasteiger partial charge on any atom is 0.260 e. The SMILES string of the molecule is CCc1ccccc1N(CC(=O)N/N=C\c1ccc(Cl)cc1)S(C)(=O)=O. The summed E-state index contributed by atoms with van der Waals surface area (Å²) in [4.78, 5) is 12.2.